The van der Waals surface area contributed by atoms with Gasteiger partial charge in [0.25, 0.3) is 5.91 Å². The van der Waals surface area contributed by atoms with E-state index in [4.69, 9.17) is 9.15 Å². The molecule has 3 aromatic heterocycles. The van der Waals surface area contributed by atoms with Crippen LogP contribution in [0.2, 0.25) is 0 Å². The second-order valence-electron chi connectivity index (χ2n) is 8.38. The number of aromatic nitrogens is 3. The summed E-state index contributed by atoms with van der Waals surface area (Å²) in [4.78, 5) is 29.1. The summed E-state index contributed by atoms with van der Waals surface area (Å²) in [5, 5.41) is 2.35. The minimum atomic E-state index is -3.48. The van der Waals surface area contributed by atoms with Gasteiger partial charge in [-0.3, -0.25) is 9.69 Å². The molecule has 0 spiro atoms. The third-order valence-electron chi connectivity index (χ3n) is 6.09. The van der Waals surface area contributed by atoms with Crippen molar-refractivity contribution in [1.29, 1.82) is 0 Å². The Morgan fingerprint density at radius 2 is 2.00 bits per heavy atom. The number of rotatable bonds is 8. The van der Waals surface area contributed by atoms with Crippen LogP contribution in [0.1, 0.15) is 23.1 Å². The fraction of sp³-hybridized carbons (Fsp3) is 0.455. The van der Waals surface area contributed by atoms with E-state index >= 15 is 0 Å². The Hall–Kier alpha value is -2.87. The van der Waals surface area contributed by atoms with Gasteiger partial charge in [-0.2, -0.15) is 4.31 Å². The lowest BCUT2D eigenvalue weighted by atomic mass is 10.2. The molecule has 0 saturated carbocycles. The average molecular weight is 519 g/mol. The van der Waals surface area contributed by atoms with Crippen LogP contribution < -0.4 is 4.74 Å². The summed E-state index contributed by atoms with van der Waals surface area (Å²) < 4.78 is 38.1. The number of sulfonamides is 1. The normalized spacial score (nSPS) is 17.9. The molecule has 2 aliphatic rings. The average Bonchev–Trinajstić information content (AvgIpc) is 3.51. The van der Waals surface area contributed by atoms with E-state index in [1.165, 1.54) is 17.3 Å². The van der Waals surface area contributed by atoms with Gasteiger partial charge in [-0.1, -0.05) is 0 Å². The van der Waals surface area contributed by atoms with Crippen molar-refractivity contribution in [2.75, 3.05) is 45.9 Å². The summed E-state index contributed by atoms with van der Waals surface area (Å²) in [5.41, 5.74) is 2.10. The van der Waals surface area contributed by atoms with Crippen LogP contribution >= 0.6 is 11.3 Å². The molecule has 0 unspecified atom stereocenters. The molecule has 5 rings (SSSR count). The molecule has 0 radical (unpaired) electrons. The van der Waals surface area contributed by atoms with Crippen molar-refractivity contribution >= 4 is 27.3 Å². The zero-order chi connectivity index (χ0) is 24.4. The van der Waals surface area contributed by atoms with Crippen LogP contribution in [0.25, 0.3) is 10.6 Å². The molecular weight excluding hydrogens is 492 g/mol. The number of hydrogen-bond acceptors (Lipinski definition) is 10. The number of carbonyl (C=O) groups excluding carboxylic acids is 1. The molecule has 5 heterocycles. The number of likely N-dealkylation sites (tertiary alicyclic amines) is 1. The Balaban J connectivity index is 1.10. The van der Waals surface area contributed by atoms with Gasteiger partial charge >= 0.3 is 0 Å². The first-order chi connectivity index (χ1) is 16.9. The van der Waals surface area contributed by atoms with Crippen LogP contribution in [0, 0.1) is 0 Å². The smallest absolute Gasteiger partial charge is 0.274 e. The largest absolute Gasteiger partial charge is 0.477 e. The first kappa shape index (κ1) is 23.9. The lowest BCUT2D eigenvalue weighted by Crippen LogP contribution is -2.61. The third-order valence-corrected chi connectivity index (χ3v) is 9.26. The molecular formula is C22H26N6O5S2. The van der Waals surface area contributed by atoms with Crippen molar-refractivity contribution in [1.82, 2.24) is 29.1 Å². The van der Waals surface area contributed by atoms with Gasteiger partial charge in [0.2, 0.25) is 15.9 Å². The van der Waals surface area contributed by atoms with Crippen molar-refractivity contribution in [2.45, 2.75) is 18.7 Å². The van der Waals surface area contributed by atoms with Crippen LogP contribution in [0.4, 0.5) is 0 Å². The highest BCUT2D eigenvalue weighted by atomic mass is 32.2. The van der Waals surface area contributed by atoms with Gasteiger partial charge in [0.05, 0.1) is 31.0 Å². The molecule has 2 aliphatic heterocycles. The number of piperazine rings is 1. The van der Waals surface area contributed by atoms with E-state index in [9.17, 15) is 13.2 Å². The monoisotopic (exact) mass is 518 g/mol. The van der Waals surface area contributed by atoms with Crippen LogP contribution in [0.5, 0.6) is 5.88 Å². The molecule has 11 nitrogen and oxygen atoms in total. The second-order valence-corrected chi connectivity index (χ2v) is 11.5. The number of ether oxygens (including phenoxy) is 1. The summed E-state index contributed by atoms with van der Waals surface area (Å²) in [6.07, 6.45) is 6.05. The molecule has 186 valence electrons. The lowest BCUT2D eigenvalue weighted by molar-refractivity contribution is 0.0646. The zero-order valence-corrected chi connectivity index (χ0v) is 20.9. The minimum absolute atomic E-state index is 0.159. The van der Waals surface area contributed by atoms with Crippen LogP contribution in [0.3, 0.4) is 0 Å². The highest BCUT2D eigenvalue weighted by molar-refractivity contribution is 7.89. The minimum Gasteiger partial charge on any atom is -0.477 e. The van der Waals surface area contributed by atoms with Gasteiger partial charge in [0.1, 0.15) is 22.2 Å². The SMILES string of the molecule is CCOc1cnc(C(=O)N2CC(S(=O)(=O)N3CCN(Cc4csc(-c5ccoc5)n4)CC3)C2)cn1. The molecule has 3 aromatic rings. The molecule has 0 aliphatic carbocycles. The molecule has 35 heavy (non-hydrogen) atoms. The van der Waals surface area contributed by atoms with E-state index in [-0.39, 0.29) is 24.7 Å². The maximum absolute atomic E-state index is 13.1. The second kappa shape index (κ2) is 10.0. The first-order valence-corrected chi connectivity index (χ1v) is 13.7. The van der Waals surface area contributed by atoms with Gasteiger partial charge in [0.15, 0.2) is 0 Å². The van der Waals surface area contributed by atoms with E-state index in [1.54, 1.807) is 28.2 Å². The molecule has 0 bridgehead atoms. The highest BCUT2D eigenvalue weighted by Crippen LogP contribution is 2.26. The molecule has 1 amide bonds. The summed E-state index contributed by atoms with van der Waals surface area (Å²) in [6.45, 7) is 5.41. The van der Waals surface area contributed by atoms with Gasteiger partial charge in [-0.05, 0) is 13.0 Å². The van der Waals surface area contributed by atoms with E-state index in [1.807, 2.05) is 18.4 Å². The molecule has 0 aromatic carbocycles. The number of carbonyl (C=O) groups is 1. The third kappa shape index (κ3) is 5.08. The maximum atomic E-state index is 13.1. The Kier molecular flexibility index (Phi) is 6.82. The highest BCUT2D eigenvalue weighted by Gasteiger charge is 2.44. The van der Waals surface area contributed by atoms with Gasteiger partial charge in [-0.15, -0.1) is 11.3 Å². The number of hydrogen-bond donors (Lipinski definition) is 0. The number of amides is 1. The quantitative estimate of drug-likeness (QED) is 0.437. The standard InChI is InChI=1S/C22H26N6O5S2/c1-2-33-20-10-23-19(9-24-20)22(29)27-12-18(13-27)35(30,31)28-6-4-26(5-7-28)11-17-15-34-21(25-17)16-3-8-32-14-16/h3,8-10,14-15,18H,2,4-7,11-13H2,1H3. The van der Waals surface area contributed by atoms with E-state index in [2.05, 4.69) is 19.9 Å². The Labute approximate surface area is 207 Å². The van der Waals surface area contributed by atoms with Crippen LogP contribution in [0.15, 0.2) is 40.8 Å². The van der Waals surface area contributed by atoms with Crippen molar-refractivity contribution in [2.24, 2.45) is 0 Å². The maximum Gasteiger partial charge on any atom is 0.274 e. The number of nitrogens with zero attached hydrogens (tertiary/aromatic N) is 6. The summed E-state index contributed by atoms with van der Waals surface area (Å²) >= 11 is 1.57. The van der Waals surface area contributed by atoms with Crippen LogP contribution in [-0.4, -0.2) is 94.5 Å². The molecule has 2 fully saturated rings. The summed E-state index contributed by atoms with van der Waals surface area (Å²) in [6, 6.07) is 1.88. The molecule has 13 heteroatoms. The molecule has 0 atom stereocenters. The van der Waals surface area contributed by atoms with Gasteiger partial charge < -0.3 is 14.1 Å². The summed E-state index contributed by atoms with van der Waals surface area (Å²) in [7, 11) is -3.48. The Morgan fingerprint density at radius 3 is 2.66 bits per heavy atom. The number of thiazole rings is 1. The predicted molar refractivity (Wildman–Crippen MR) is 128 cm³/mol. The van der Waals surface area contributed by atoms with E-state index in [0.29, 0.717) is 45.2 Å². The van der Waals surface area contributed by atoms with E-state index < -0.39 is 15.3 Å². The zero-order valence-electron chi connectivity index (χ0n) is 19.2. The van der Waals surface area contributed by atoms with Gasteiger partial charge in [0, 0.05) is 56.8 Å². The Morgan fingerprint density at radius 1 is 1.20 bits per heavy atom. The number of furan rings is 1. The predicted octanol–water partition coefficient (Wildman–Crippen LogP) is 1.56. The fourth-order valence-corrected chi connectivity index (χ4v) is 6.71. The van der Waals surface area contributed by atoms with Crippen molar-refractivity contribution in [3.63, 3.8) is 0 Å². The first-order valence-electron chi connectivity index (χ1n) is 11.4. The van der Waals surface area contributed by atoms with Crippen LogP contribution in [-0.2, 0) is 16.6 Å². The van der Waals surface area contributed by atoms with Gasteiger partial charge in [-0.25, -0.2) is 23.4 Å². The van der Waals surface area contributed by atoms with Crippen molar-refractivity contribution in [3.8, 4) is 16.5 Å². The van der Waals surface area contributed by atoms with Crippen molar-refractivity contribution < 1.29 is 22.4 Å². The Bertz CT molecular complexity index is 1250. The van der Waals surface area contributed by atoms with Crippen molar-refractivity contribution in [3.05, 3.63) is 47.8 Å². The molecule has 0 N–H and O–H groups in total. The molecule has 2 saturated heterocycles. The van der Waals surface area contributed by atoms with E-state index in [0.717, 1.165) is 16.3 Å². The summed E-state index contributed by atoms with van der Waals surface area (Å²) in [5.74, 6) is 0.0234. The topological polar surface area (TPSA) is 122 Å². The lowest BCUT2D eigenvalue weighted by Gasteiger charge is -2.42. The fourth-order valence-electron chi connectivity index (χ4n) is 4.08.